The van der Waals surface area contributed by atoms with Crippen LogP contribution in [0.25, 0.3) is 6.08 Å². The Balaban J connectivity index is 1.64. The molecule has 1 N–H and O–H groups in total. The second-order valence-electron chi connectivity index (χ2n) is 5.35. The third-order valence-corrected chi connectivity index (χ3v) is 5.61. The summed E-state index contributed by atoms with van der Waals surface area (Å²) < 4.78 is 31.5. The number of H-pyrrole nitrogens is 1. The minimum atomic E-state index is -3.59. The highest BCUT2D eigenvalue weighted by atomic mass is 32.2. The summed E-state index contributed by atoms with van der Waals surface area (Å²) in [5.74, 6) is 0.439. The molecule has 1 aliphatic rings. The predicted octanol–water partition coefficient (Wildman–Crippen LogP) is 0.939. The van der Waals surface area contributed by atoms with Crippen molar-refractivity contribution in [1.29, 1.82) is 0 Å². The molecular formula is C15H18N4O4S. The number of rotatable bonds is 4. The van der Waals surface area contributed by atoms with Crippen LogP contribution in [0.5, 0.6) is 0 Å². The van der Waals surface area contributed by atoms with E-state index in [9.17, 15) is 13.2 Å². The number of aromatic amines is 1. The summed E-state index contributed by atoms with van der Waals surface area (Å²) in [5.41, 5.74) is 0. The molecule has 0 bridgehead atoms. The van der Waals surface area contributed by atoms with Gasteiger partial charge in [0.15, 0.2) is 5.03 Å². The molecule has 3 rings (SSSR count). The topological polar surface area (TPSA) is 99.5 Å². The lowest BCUT2D eigenvalue weighted by Gasteiger charge is -2.20. The van der Waals surface area contributed by atoms with Crippen LogP contribution in [0.2, 0.25) is 0 Å². The molecule has 0 unspecified atom stereocenters. The Kier molecular flexibility index (Phi) is 4.81. The fourth-order valence-electron chi connectivity index (χ4n) is 2.52. The highest BCUT2D eigenvalue weighted by molar-refractivity contribution is 7.89. The smallest absolute Gasteiger partial charge is 0.260 e. The molecule has 1 saturated heterocycles. The molecule has 0 aromatic carbocycles. The van der Waals surface area contributed by atoms with Crippen molar-refractivity contribution in [3.05, 3.63) is 42.8 Å². The molecule has 1 fully saturated rings. The highest BCUT2D eigenvalue weighted by Crippen LogP contribution is 2.15. The van der Waals surface area contributed by atoms with Gasteiger partial charge < -0.3 is 14.3 Å². The Morgan fingerprint density at radius 1 is 1.29 bits per heavy atom. The van der Waals surface area contributed by atoms with Gasteiger partial charge in [0.25, 0.3) is 10.0 Å². The molecule has 2 aromatic heterocycles. The number of hydrogen-bond donors (Lipinski definition) is 1. The predicted molar refractivity (Wildman–Crippen MR) is 86.3 cm³/mol. The fourth-order valence-corrected chi connectivity index (χ4v) is 3.89. The molecule has 1 aliphatic heterocycles. The number of aromatic nitrogens is 2. The number of sulfonamides is 1. The van der Waals surface area contributed by atoms with Crippen molar-refractivity contribution in [3.8, 4) is 0 Å². The third-order valence-electron chi connectivity index (χ3n) is 3.79. The van der Waals surface area contributed by atoms with E-state index in [-0.39, 0.29) is 17.5 Å². The number of nitrogens with one attached hydrogen (secondary N) is 1. The molecule has 0 aliphatic carbocycles. The first kappa shape index (κ1) is 16.5. The van der Waals surface area contributed by atoms with Gasteiger partial charge in [0, 0.05) is 32.3 Å². The first-order valence-corrected chi connectivity index (χ1v) is 9.00. The molecular weight excluding hydrogens is 332 g/mol. The zero-order valence-electron chi connectivity index (χ0n) is 13.0. The van der Waals surface area contributed by atoms with Crippen LogP contribution in [0, 0.1) is 0 Å². The maximum Gasteiger partial charge on any atom is 0.260 e. The largest absolute Gasteiger partial charge is 0.465 e. The summed E-state index contributed by atoms with van der Waals surface area (Å²) in [7, 11) is -3.59. The first-order chi connectivity index (χ1) is 11.6. The number of nitrogens with zero attached hydrogens (tertiary/aromatic N) is 3. The average Bonchev–Trinajstić information content (AvgIpc) is 3.22. The van der Waals surface area contributed by atoms with Crippen molar-refractivity contribution in [3.63, 3.8) is 0 Å². The van der Waals surface area contributed by atoms with E-state index in [4.69, 9.17) is 4.42 Å². The van der Waals surface area contributed by atoms with Crippen LogP contribution in [-0.2, 0) is 14.8 Å². The fraction of sp³-hybridized carbons (Fsp3) is 0.333. The Hall–Kier alpha value is -2.39. The highest BCUT2D eigenvalue weighted by Gasteiger charge is 2.28. The van der Waals surface area contributed by atoms with Crippen LogP contribution in [0.3, 0.4) is 0 Å². The van der Waals surface area contributed by atoms with E-state index < -0.39 is 10.0 Å². The monoisotopic (exact) mass is 350 g/mol. The molecule has 0 spiro atoms. The van der Waals surface area contributed by atoms with Gasteiger partial charge in [-0.3, -0.25) is 4.79 Å². The van der Waals surface area contributed by atoms with E-state index in [1.807, 2.05) is 0 Å². The molecule has 2 aromatic rings. The molecule has 9 heteroatoms. The number of furan rings is 1. The summed E-state index contributed by atoms with van der Waals surface area (Å²) >= 11 is 0. The normalized spacial score (nSPS) is 17.2. The third kappa shape index (κ3) is 3.57. The molecule has 0 atom stereocenters. The minimum absolute atomic E-state index is 0.0694. The SMILES string of the molecule is O=C(/C=C/c1ccco1)N1CCCN(S(=O)(=O)c2cnc[nH]2)CC1. The lowest BCUT2D eigenvalue weighted by atomic mass is 10.3. The van der Waals surface area contributed by atoms with E-state index in [0.717, 1.165) is 0 Å². The first-order valence-electron chi connectivity index (χ1n) is 7.56. The van der Waals surface area contributed by atoms with Crippen molar-refractivity contribution in [2.75, 3.05) is 26.2 Å². The Morgan fingerprint density at radius 2 is 2.17 bits per heavy atom. The van der Waals surface area contributed by atoms with E-state index in [0.29, 0.717) is 31.8 Å². The Morgan fingerprint density at radius 3 is 2.88 bits per heavy atom. The summed E-state index contributed by atoms with van der Waals surface area (Å²) in [6.45, 7) is 1.47. The van der Waals surface area contributed by atoms with Crippen LogP contribution in [0.15, 0.2) is 46.4 Å². The van der Waals surface area contributed by atoms with Gasteiger partial charge in [-0.15, -0.1) is 0 Å². The van der Waals surface area contributed by atoms with E-state index in [1.54, 1.807) is 23.1 Å². The zero-order valence-corrected chi connectivity index (χ0v) is 13.8. The van der Waals surface area contributed by atoms with Gasteiger partial charge in [-0.05, 0) is 24.6 Å². The van der Waals surface area contributed by atoms with Crippen molar-refractivity contribution >= 4 is 22.0 Å². The van der Waals surface area contributed by atoms with Gasteiger partial charge >= 0.3 is 0 Å². The molecule has 128 valence electrons. The van der Waals surface area contributed by atoms with Gasteiger partial charge in [-0.25, -0.2) is 13.4 Å². The summed E-state index contributed by atoms with van der Waals surface area (Å²) in [4.78, 5) is 20.3. The van der Waals surface area contributed by atoms with Crippen LogP contribution in [-0.4, -0.2) is 59.7 Å². The Labute approximate surface area is 139 Å². The molecule has 3 heterocycles. The van der Waals surface area contributed by atoms with E-state index in [1.165, 1.54) is 29.2 Å². The molecule has 1 amide bonds. The molecule has 24 heavy (non-hydrogen) atoms. The summed E-state index contributed by atoms with van der Waals surface area (Å²) in [6.07, 6.45) is 7.78. The minimum Gasteiger partial charge on any atom is -0.465 e. The maximum absolute atomic E-state index is 12.5. The number of carbonyl (C=O) groups is 1. The van der Waals surface area contributed by atoms with Crippen LogP contribution >= 0.6 is 0 Å². The lowest BCUT2D eigenvalue weighted by Crippen LogP contribution is -2.36. The number of amides is 1. The van der Waals surface area contributed by atoms with Gasteiger partial charge in [0.1, 0.15) is 5.76 Å². The second-order valence-corrected chi connectivity index (χ2v) is 7.25. The summed E-state index contributed by atoms with van der Waals surface area (Å²) in [5, 5.41) is 0.0694. The Bertz CT molecular complexity index is 797. The van der Waals surface area contributed by atoms with Crippen LogP contribution in [0.4, 0.5) is 0 Å². The van der Waals surface area contributed by atoms with Gasteiger partial charge in [-0.2, -0.15) is 4.31 Å². The van der Waals surface area contributed by atoms with Crippen LogP contribution in [0.1, 0.15) is 12.2 Å². The second kappa shape index (κ2) is 7.02. The number of carbonyl (C=O) groups excluding carboxylic acids is 1. The van der Waals surface area contributed by atoms with Crippen molar-refractivity contribution in [2.24, 2.45) is 0 Å². The molecule has 8 nitrogen and oxygen atoms in total. The van der Waals surface area contributed by atoms with Gasteiger partial charge in [-0.1, -0.05) is 0 Å². The van der Waals surface area contributed by atoms with Crippen molar-refractivity contribution in [2.45, 2.75) is 11.4 Å². The van der Waals surface area contributed by atoms with Gasteiger partial charge in [0.05, 0.1) is 18.8 Å². The van der Waals surface area contributed by atoms with Gasteiger partial charge in [0.2, 0.25) is 5.91 Å². The zero-order chi connectivity index (χ0) is 17.0. The standard InChI is InChI=1S/C15H18N4O4S/c20-15(5-4-13-3-1-10-23-13)18-6-2-7-19(9-8-18)24(21,22)14-11-16-12-17-14/h1,3-5,10-12H,2,6-9H2,(H,16,17)/b5-4+. The lowest BCUT2D eigenvalue weighted by molar-refractivity contribution is -0.125. The average molecular weight is 350 g/mol. The van der Waals surface area contributed by atoms with Crippen molar-refractivity contribution in [1.82, 2.24) is 19.2 Å². The number of hydrogen-bond acceptors (Lipinski definition) is 5. The molecule has 0 saturated carbocycles. The van der Waals surface area contributed by atoms with E-state index in [2.05, 4.69) is 9.97 Å². The van der Waals surface area contributed by atoms with Crippen molar-refractivity contribution < 1.29 is 17.6 Å². The van der Waals surface area contributed by atoms with Crippen LogP contribution < -0.4 is 0 Å². The number of imidazole rings is 1. The van der Waals surface area contributed by atoms with E-state index >= 15 is 0 Å². The molecule has 0 radical (unpaired) electrons. The maximum atomic E-state index is 12.5. The summed E-state index contributed by atoms with van der Waals surface area (Å²) in [6, 6.07) is 3.50. The quantitative estimate of drug-likeness (QED) is 0.827.